The number of nitrogens with one attached hydrogen (secondary N) is 2. The Balaban J connectivity index is 1.52. The number of aryl methyl sites for hydroxylation is 2. The second kappa shape index (κ2) is 7.19. The molecule has 0 saturated heterocycles. The van der Waals surface area contributed by atoms with Gasteiger partial charge in [-0.15, -0.1) is 0 Å². The van der Waals surface area contributed by atoms with Crippen LogP contribution >= 0.6 is 12.2 Å². The summed E-state index contributed by atoms with van der Waals surface area (Å²) in [6, 6.07) is 9.94. The van der Waals surface area contributed by atoms with E-state index in [0.29, 0.717) is 5.11 Å². The fourth-order valence-electron chi connectivity index (χ4n) is 2.45. The molecule has 0 spiro atoms. The van der Waals surface area contributed by atoms with E-state index in [9.17, 15) is 0 Å². The molecule has 0 amide bonds. The van der Waals surface area contributed by atoms with E-state index in [0.717, 1.165) is 36.1 Å². The fraction of sp³-hybridized carbons (Fsp3) is 0.235. The van der Waals surface area contributed by atoms with Gasteiger partial charge in [-0.3, -0.25) is 4.98 Å². The van der Waals surface area contributed by atoms with Gasteiger partial charge >= 0.3 is 0 Å². The van der Waals surface area contributed by atoms with E-state index in [-0.39, 0.29) is 0 Å². The Morgan fingerprint density at radius 3 is 3.00 bits per heavy atom. The molecule has 5 nitrogen and oxygen atoms in total. The van der Waals surface area contributed by atoms with Gasteiger partial charge in [0.1, 0.15) is 0 Å². The Hall–Kier alpha value is -2.47. The van der Waals surface area contributed by atoms with Crippen LogP contribution in [-0.4, -0.2) is 26.2 Å². The molecule has 0 atom stereocenters. The number of rotatable bonds is 5. The summed E-state index contributed by atoms with van der Waals surface area (Å²) in [4.78, 5) is 8.47. The molecule has 23 heavy (non-hydrogen) atoms. The van der Waals surface area contributed by atoms with Gasteiger partial charge in [-0.1, -0.05) is 6.07 Å². The molecule has 0 bridgehead atoms. The second-order valence-electron chi connectivity index (χ2n) is 5.34. The average molecular weight is 325 g/mol. The van der Waals surface area contributed by atoms with Gasteiger partial charge in [-0.2, -0.15) is 0 Å². The Morgan fingerprint density at radius 2 is 2.17 bits per heavy atom. The molecular weight excluding hydrogens is 306 g/mol. The Kier molecular flexibility index (Phi) is 4.83. The maximum Gasteiger partial charge on any atom is 0.170 e. The van der Waals surface area contributed by atoms with E-state index >= 15 is 0 Å². The molecule has 0 fully saturated rings. The van der Waals surface area contributed by atoms with E-state index in [2.05, 4.69) is 32.1 Å². The molecule has 1 aromatic carbocycles. The molecule has 0 aliphatic rings. The summed E-state index contributed by atoms with van der Waals surface area (Å²) in [6.45, 7) is 3.80. The Morgan fingerprint density at radius 1 is 1.26 bits per heavy atom. The summed E-state index contributed by atoms with van der Waals surface area (Å²) >= 11 is 5.38. The van der Waals surface area contributed by atoms with E-state index in [4.69, 9.17) is 12.2 Å². The van der Waals surface area contributed by atoms with Crippen LogP contribution in [0.1, 0.15) is 12.1 Å². The summed E-state index contributed by atoms with van der Waals surface area (Å²) in [6.07, 6.45) is 6.50. The molecule has 0 saturated carbocycles. The van der Waals surface area contributed by atoms with E-state index in [1.165, 1.54) is 5.69 Å². The first-order valence-corrected chi connectivity index (χ1v) is 8.00. The van der Waals surface area contributed by atoms with Crippen LogP contribution in [0.15, 0.2) is 49.1 Å². The summed E-state index contributed by atoms with van der Waals surface area (Å²) in [7, 11) is 0. The lowest BCUT2D eigenvalue weighted by Crippen LogP contribution is -2.29. The summed E-state index contributed by atoms with van der Waals surface area (Å²) < 4.78 is 2.13. The number of imidazole rings is 1. The quantitative estimate of drug-likeness (QED) is 0.557. The van der Waals surface area contributed by atoms with Crippen LogP contribution in [0.25, 0.3) is 10.9 Å². The molecule has 0 unspecified atom stereocenters. The smallest absolute Gasteiger partial charge is 0.170 e. The largest absolute Gasteiger partial charge is 0.362 e. The summed E-state index contributed by atoms with van der Waals surface area (Å²) in [5.41, 5.74) is 3.10. The Bertz CT molecular complexity index is 806. The lowest BCUT2D eigenvalue weighted by Gasteiger charge is -2.12. The zero-order valence-corrected chi connectivity index (χ0v) is 13.8. The number of benzene rings is 1. The minimum atomic E-state index is 0.628. The maximum atomic E-state index is 5.38. The number of hydrogen-bond acceptors (Lipinski definition) is 3. The number of anilines is 1. The fourth-order valence-corrected chi connectivity index (χ4v) is 2.66. The molecule has 0 aliphatic heterocycles. The van der Waals surface area contributed by atoms with E-state index in [1.807, 2.05) is 42.9 Å². The first kappa shape index (κ1) is 15.4. The highest BCUT2D eigenvalue weighted by atomic mass is 32.1. The number of pyridine rings is 1. The van der Waals surface area contributed by atoms with Crippen molar-refractivity contribution in [3.8, 4) is 0 Å². The lowest BCUT2D eigenvalue weighted by molar-refractivity contribution is 0.620. The zero-order chi connectivity index (χ0) is 16.1. The van der Waals surface area contributed by atoms with Crippen LogP contribution in [0.2, 0.25) is 0 Å². The third kappa shape index (κ3) is 3.84. The minimum absolute atomic E-state index is 0.628. The SMILES string of the molecule is Cc1cncn1CCCNC(=S)Nc1cccc2ncccc12. The molecule has 6 heteroatoms. The number of fused-ring (bicyclic) bond motifs is 1. The van der Waals surface area contributed by atoms with Crippen molar-refractivity contribution in [2.75, 3.05) is 11.9 Å². The van der Waals surface area contributed by atoms with Crippen molar-refractivity contribution in [2.45, 2.75) is 19.9 Å². The predicted molar refractivity (Wildman–Crippen MR) is 97.5 cm³/mol. The topological polar surface area (TPSA) is 54.8 Å². The standard InChI is InChI=1S/C17H19N5S/c1-13-11-18-12-22(13)10-4-9-20-17(23)21-16-7-2-6-15-14(16)5-3-8-19-15/h2-3,5-8,11-12H,4,9-10H2,1H3,(H2,20,21,23). The van der Waals surface area contributed by atoms with Crippen LogP contribution in [0.5, 0.6) is 0 Å². The highest BCUT2D eigenvalue weighted by Crippen LogP contribution is 2.20. The van der Waals surface area contributed by atoms with Crippen molar-refractivity contribution in [3.63, 3.8) is 0 Å². The van der Waals surface area contributed by atoms with Crippen molar-refractivity contribution >= 4 is 33.9 Å². The lowest BCUT2D eigenvalue weighted by atomic mass is 10.2. The van der Waals surface area contributed by atoms with E-state index < -0.39 is 0 Å². The number of nitrogens with zero attached hydrogens (tertiary/aromatic N) is 3. The normalized spacial score (nSPS) is 10.7. The number of aromatic nitrogens is 3. The number of thiocarbonyl (C=S) groups is 1. The predicted octanol–water partition coefficient (Wildman–Crippen LogP) is 3.12. The van der Waals surface area contributed by atoms with Gasteiger partial charge in [0, 0.05) is 42.3 Å². The van der Waals surface area contributed by atoms with Gasteiger partial charge in [0.25, 0.3) is 0 Å². The van der Waals surface area contributed by atoms with Crippen molar-refractivity contribution in [1.82, 2.24) is 19.9 Å². The van der Waals surface area contributed by atoms with E-state index in [1.54, 1.807) is 6.20 Å². The van der Waals surface area contributed by atoms with Gasteiger partial charge in [0.05, 0.1) is 11.8 Å². The monoisotopic (exact) mass is 325 g/mol. The first-order valence-electron chi connectivity index (χ1n) is 7.59. The minimum Gasteiger partial charge on any atom is -0.362 e. The van der Waals surface area contributed by atoms with Crippen LogP contribution in [0, 0.1) is 6.92 Å². The van der Waals surface area contributed by atoms with Crippen molar-refractivity contribution in [3.05, 3.63) is 54.7 Å². The molecular formula is C17H19N5S. The molecule has 3 aromatic rings. The molecule has 118 valence electrons. The van der Waals surface area contributed by atoms with Crippen LogP contribution in [-0.2, 0) is 6.54 Å². The second-order valence-corrected chi connectivity index (χ2v) is 5.75. The van der Waals surface area contributed by atoms with Crippen LogP contribution in [0.4, 0.5) is 5.69 Å². The first-order chi connectivity index (χ1) is 11.2. The van der Waals surface area contributed by atoms with Crippen LogP contribution < -0.4 is 10.6 Å². The van der Waals surface area contributed by atoms with Gasteiger partial charge in [0.2, 0.25) is 0 Å². The average Bonchev–Trinajstić information content (AvgIpc) is 2.97. The third-order valence-electron chi connectivity index (χ3n) is 3.68. The summed E-state index contributed by atoms with van der Waals surface area (Å²) in [5.74, 6) is 0. The van der Waals surface area contributed by atoms with Crippen molar-refractivity contribution < 1.29 is 0 Å². The molecule has 3 rings (SSSR count). The molecule has 2 N–H and O–H groups in total. The van der Waals surface area contributed by atoms with Gasteiger partial charge in [0.15, 0.2) is 5.11 Å². The number of hydrogen-bond donors (Lipinski definition) is 2. The molecule has 0 radical (unpaired) electrons. The highest BCUT2D eigenvalue weighted by molar-refractivity contribution is 7.80. The van der Waals surface area contributed by atoms with Gasteiger partial charge < -0.3 is 15.2 Å². The molecule has 2 heterocycles. The van der Waals surface area contributed by atoms with Gasteiger partial charge in [-0.25, -0.2) is 4.98 Å². The van der Waals surface area contributed by atoms with Crippen molar-refractivity contribution in [2.24, 2.45) is 0 Å². The molecule has 0 aliphatic carbocycles. The highest BCUT2D eigenvalue weighted by Gasteiger charge is 2.03. The maximum absolute atomic E-state index is 5.38. The van der Waals surface area contributed by atoms with Gasteiger partial charge in [-0.05, 0) is 49.8 Å². The van der Waals surface area contributed by atoms with Crippen molar-refractivity contribution in [1.29, 1.82) is 0 Å². The zero-order valence-electron chi connectivity index (χ0n) is 13.0. The third-order valence-corrected chi connectivity index (χ3v) is 3.92. The van der Waals surface area contributed by atoms with Crippen LogP contribution in [0.3, 0.4) is 0 Å². The molecule has 2 aromatic heterocycles. The Labute approximate surface area is 140 Å². The summed E-state index contributed by atoms with van der Waals surface area (Å²) in [5, 5.41) is 8.19.